The van der Waals surface area contributed by atoms with Gasteiger partial charge < -0.3 is 19.9 Å². The van der Waals surface area contributed by atoms with Gasteiger partial charge in [0.1, 0.15) is 19.0 Å². The molecule has 0 unspecified atom stereocenters. The maximum absolute atomic E-state index is 12.8. The molecule has 156 valence electrons. The van der Waals surface area contributed by atoms with Gasteiger partial charge in [0.15, 0.2) is 5.56 Å². The SMILES string of the molecule is COc1nc(C)nc(OC[C@H](N)Cc2ccccc2)c1C(=O)OCc1ccccc1. The van der Waals surface area contributed by atoms with Gasteiger partial charge in [0.25, 0.3) is 0 Å². The first-order valence-corrected chi connectivity index (χ1v) is 9.62. The predicted molar refractivity (Wildman–Crippen MR) is 112 cm³/mol. The number of nitrogens with zero attached hydrogens (tertiary/aromatic N) is 2. The zero-order valence-corrected chi connectivity index (χ0v) is 17.1. The van der Waals surface area contributed by atoms with Crippen molar-refractivity contribution in [1.82, 2.24) is 9.97 Å². The number of benzene rings is 2. The van der Waals surface area contributed by atoms with Gasteiger partial charge in [-0.05, 0) is 24.5 Å². The van der Waals surface area contributed by atoms with Gasteiger partial charge in [0.2, 0.25) is 11.8 Å². The van der Waals surface area contributed by atoms with Crippen molar-refractivity contribution in [1.29, 1.82) is 0 Å². The molecule has 1 heterocycles. The summed E-state index contributed by atoms with van der Waals surface area (Å²) in [5.74, 6) is -0.00598. The summed E-state index contributed by atoms with van der Waals surface area (Å²) in [6.07, 6.45) is 0.635. The van der Waals surface area contributed by atoms with Crippen LogP contribution in [0.1, 0.15) is 27.3 Å². The van der Waals surface area contributed by atoms with E-state index in [-0.39, 0.29) is 36.6 Å². The number of nitrogens with two attached hydrogens (primary N) is 1. The molecule has 0 aliphatic carbocycles. The van der Waals surface area contributed by atoms with Gasteiger partial charge in [-0.1, -0.05) is 60.7 Å². The topological polar surface area (TPSA) is 96.6 Å². The average molecular weight is 407 g/mol. The Morgan fingerprint density at radius 1 is 0.967 bits per heavy atom. The number of carbonyl (C=O) groups is 1. The Morgan fingerprint density at radius 2 is 1.57 bits per heavy atom. The van der Waals surface area contributed by atoms with Crippen molar-refractivity contribution in [3.63, 3.8) is 0 Å². The summed E-state index contributed by atoms with van der Waals surface area (Å²) in [7, 11) is 1.43. The van der Waals surface area contributed by atoms with Crippen LogP contribution in [0.15, 0.2) is 60.7 Å². The highest BCUT2D eigenvalue weighted by molar-refractivity contribution is 5.94. The first-order valence-electron chi connectivity index (χ1n) is 9.62. The van der Waals surface area contributed by atoms with Crippen molar-refractivity contribution in [3.8, 4) is 11.8 Å². The number of aryl methyl sites for hydroxylation is 1. The van der Waals surface area contributed by atoms with Gasteiger partial charge in [0.05, 0.1) is 7.11 Å². The molecule has 1 aromatic heterocycles. The Labute approximate surface area is 175 Å². The maximum atomic E-state index is 12.8. The zero-order chi connectivity index (χ0) is 21.3. The summed E-state index contributed by atoms with van der Waals surface area (Å²) < 4.78 is 16.5. The minimum absolute atomic E-state index is 0.0472. The minimum Gasteiger partial charge on any atom is -0.480 e. The van der Waals surface area contributed by atoms with Crippen molar-refractivity contribution in [2.45, 2.75) is 26.0 Å². The number of ether oxygens (including phenoxy) is 3. The predicted octanol–water partition coefficient (Wildman–Crippen LogP) is 3.10. The molecule has 3 rings (SSSR count). The molecule has 0 aliphatic heterocycles. The van der Waals surface area contributed by atoms with E-state index in [4.69, 9.17) is 19.9 Å². The first-order chi connectivity index (χ1) is 14.6. The molecule has 7 nitrogen and oxygen atoms in total. The van der Waals surface area contributed by atoms with Gasteiger partial charge in [-0.3, -0.25) is 0 Å². The Kier molecular flexibility index (Phi) is 7.34. The Balaban J connectivity index is 1.72. The van der Waals surface area contributed by atoms with Gasteiger partial charge in [0, 0.05) is 6.04 Å². The lowest BCUT2D eigenvalue weighted by Gasteiger charge is -2.16. The van der Waals surface area contributed by atoms with E-state index in [9.17, 15) is 4.79 Å². The third kappa shape index (κ3) is 5.78. The quantitative estimate of drug-likeness (QED) is 0.545. The van der Waals surface area contributed by atoms with Gasteiger partial charge in [-0.25, -0.2) is 4.79 Å². The summed E-state index contributed by atoms with van der Waals surface area (Å²) in [6.45, 7) is 1.98. The molecular weight excluding hydrogens is 382 g/mol. The van der Waals surface area contributed by atoms with Crippen molar-refractivity contribution in [2.24, 2.45) is 5.73 Å². The molecule has 7 heteroatoms. The van der Waals surface area contributed by atoms with Crippen LogP contribution in [0.5, 0.6) is 11.8 Å². The fraction of sp³-hybridized carbons (Fsp3) is 0.261. The maximum Gasteiger partial charge on any atom is 0.349 e. The van der Waals surface area contributed by atoms with Gasteiger partial charge in [-0.2, -0.15) is 9.97 Å². The fourth-order valence-corrected chi connectivity index (χ4v) is 2.91. The molecule has 30 heavy (non-hydrogen) atoms. The van der Waals surface area contributed by atoms with E-state index in [1.54, 1.807) is 6.92 Å². The number of esters is 1. The van der Waals surface area contributed by atoms with Crippen molar-refractivity contribution in [3.05, 3.63) is 83.2 Å². The van der Waals surface area contributed by atoms with Crippen LogP contribution < -0.4 is 15.2 Å². The highest BCUT2D eigenvalue weighted by Crippen LogP contribution is 2.26. The second kappa shape index (κ2) is 10.4. The second-order valence-electron chi connectivity index (χ2n) is 6.78. The smallest absolute Gasteiger partial charge is 0.349 e. The molecule has 0 bridgehead atoms. The first kappa shape index (κ1) is 21.3. The standard InChI is InChI=1S/C23H25N3O4/c1-16-25-21(28-2)20(23(27)30-14-18-11-7-4-8-12-18)22(26-16)29-15-19(24)13-17-9-5-3-6-10-17/h3-12,19H,13-15,24H2,1-2H3/t19-/m1/s1. The minimum atomic E-state index is -0.623. The van der Waals surface area contributed by atoms with Crippen LogP contribution in [-0.2, 0) is 17.8 Å². The fourth-order valence-electron chi connectivity index (χ4n) is 2.91. The zero-order valence-electron chi connectivity index (χ0n) is 17.1. The van der Waals surface area contributed by atoms with E-state index < -0.39 is 5.97 Å². The lowest BCUT2D eigenvalue weighted by Crippen LogP contribution is -2.31. The largest absolute Gasteiger partial charge is 0.480 e. The summed E-state index contributed by atoms with van der Waals surface area (Å²) in [5, 5.41) is 0. The number of methoxy groups -OCH3 is 1. The summed E-state index contributed by atoms with van der Waals surface area (Å²) in [6, 6.07) is 19.0. The van der Waals surface area contributed by atoms with Crippen LogP contribution in [0.2, 0.25) is 0 Å². The highest BCUT2D eigenvalue weighted by atomic mass is 16.5. The Bertz CT molecular complexity index is 965. The molecule has 0 aliphatic rings. The third-order valence-electron chi connectivity index (χ3n) is 4.34. The summed E-state index contributed by atoms with van der Waals surface area (Å²) >= 11 is 0. The molecule has 3 aromatic rings. The van der Waals surface area contributed by atoms with Crippen LogP contribution in [-0.4, -0.2) is 35.7 Å². The van der Waals surface area contributed by atoms with Crippen molar-refractivity contribution >= 4 is 5.97 Å². The van der Waals surface area contributed by atoms with E-state index in [0.717, 1.165) is 11.1 Å². The summed E-state index contributed by atoms with van der Waals surface area (Å²) in [5.41, 5.74) is 8.22. The number of hydrogen-bond donors (Lipinski definition) is 1. The third-order valence-corrected chi connectivity index (χ3v) is 4.34. The summed E-state index contributed by atoms with van der Waals surface area (Å²) in [4.78, 5) is 21.2. The van der Waals surface area contributed by atoms with Crippen molar-refractivity contribution in [2.75, 3.05) is 13.7 Å². The molecule has 1 atom stereocenters. The van der Waals surface area contributed by atoms with Crippen LogP contribution in [0.3, 0.4) is 0 Å². The highest BCUT2D eigenvalue weighted by Gasteiger charge is 2.25. The van der Waals surface area contributed by atoms with E-state index in [2.05, 4.69) is 9.97 Å². The van der Waals surface area contributed by atoms with Crippen LogP contribution in [0.25, 0.3) is 0 Å². The normalized spacial score (nSPS) is 11.6. The average Bonchev–Trinajstić information content (AvgIpc) is 2.77. The van der Waals surface area contributed by atoms with Crippen LogP contribution >= 0.6 is 0 Å². The number of rotatable bonds is 9. The number of carbonyl (C=O) groups excluding carboxylic acids is 1. The molecular formula is C23H25N3O4. The molecule has 0 radical (unpaired) electrons. The Morgan fingerprint density at radius 3 is 2.20 bits per heavy atom. The number of aromatic nitrogens is 2. The van der Waals surface area contributed by atoms with E-state index in [0.29, 0.717) is 12.2 Å². The van der Waals surface area contributed by atoms with Crippen LogP contribution in [0.4, 0.5) is 0 Å². The molecule has 0 saturated heterocycles. The molecule has 2 N–H and O–H groups in total. The lowest BCUT2D eigenvalue weighted by atomic mass is 10.1. The van der Waals surface area contributed by atoms with Crippen molar-refractivity contribution < 1.29 is 19.0 Å². The second-order valence-corrected chi connectivity index (χ2v) is 6.78. The van der Waals surface area contributed by atoms with E-state index >= 15 is 0 Å². The molecule has 0 saturated carbocycles. The monoisotopic (exact) mass is 407 g/mol. The molecule has 2 aromatic carbocycles. The van der Waals surface area contributed by atoms with Crippen LogP contribution in [0, 0.1) is 6.92 Å². The van der Waals surface area contributed by atoms with Gasteiger partial charge >= 0.3 is 5.97 Å². The molecule has 0 amide bonds. The molecule has 0 fully saturated rings. The Hall–Kier alpha value is -3.45. The molecule has 0 spiro atoms. The van der Waals surface area contributed by atoms with E-state index in [1.165, 1.54) is 7.11 Å². The number of hydrogen-bond acceptors (Lipinski definition) is 7. The van der Waals surface area contributed by atoms with E-state index in [1.807, 2.05) is 60.7 Å². The van der Waals surface area contributed by atoms with Gasteiger partial charge in [-0.15, -0.1) is 0 Å². The lowest BCUT2D eigenvalue weighted by molar-refractivity contribution is 0.0461.